The highest BCUT2D eigenvalue weighted by atomic mass is 32.1. The molecule has 5 rings (SSSR count). The van der Waals surface area contributed by atoms with E-state index in [1.54, 1.807) is 12.1 Å². The number of aromatic nitrogens is 1. The Bertz CT molecular complexity index is 1610. The molecule has 0 aliphatic heterocycles. The van der Waals surface area contributed by atoms with E-state index in [0.717, 1.165) is 23.1 Å². The van der Waals surface area contributed by atoms with Crippen molar-refractivity contribution < 1.29 is 37.0 Å². The van der Waals surface area contributed by atoms with Crippen molar-refractivity contribution in [3.63, 3.8) is 0 Å². The first-order valence-electron chi connectivity index (χ1n) is 12.4. The molecule has 0 saturated heterocycles. The molecule has 206 valence electrons. The van der Waals surface area contributed by atoms with Crippen LogP contribution in [0.5, 0.6) is 11.5 Å². The molecule has 0 atom stereocenters. The third-order valence-electron chi connectivity index (χ3n) is 6.11. The summed E-state index contributed by atoms with van der Waals surface area (Å²) in [7, 11) is 0. The number of furan rings is 1. The van der Waals surface area contributed by atoms with Gasteiger partial charge in [-0.1, -0.05) is 30.3 Å². The van der Waals surface area contributed by atoms with Crippen LogP contribution in [-0.2, 0) is 17.6 Å². The number of aryl methyl sites for hydroxylation is 1. The lowest BCUT2D eigenvalue weighted by Gasteiger charge is -2.11. The second-order valence-corrected chi connectivity index (χ2v) is 10.2. The van der Waals surface area contributed by atoms with Gasteiger partial charge in [-0.3, -0.25) is 4.79 Å². The molecule has 2 aromatic heterocycles. The SMILES string of the molecule is Cc1cc(OCc2nc(-c3ccc(C(F)(F)F)cc3)c(-c3cc4ccccc4o3)s2)ccc1OCCCC(=O)O. The highest BCUT2D eigenvalue weighted by Gasteiger charge is 2.30. The molecule has 3 aromatic carbocycles. The van der Waals surface area contributed by atoms with Crippen molar-refractivity contribution in [2.24, 2.45) is 0 Å². The van der Waals surface area contributed by atoms with Gasteiger partial charge in [-0.15, -0.1) is 11.3 Å². The topological polar surface area (TPSA) is 81.8 Å². The van der Waals surface area contributed by atoms with Gasteiger partial charge in [-0.25, -0.2) is 4.98 Å². The number of alkyl halides is 3. The van der Waals surface area contributed by atoms with Crippen LogP contribution in [0.3, 0.4) is 0 Å². The van der Waals surface area contributed by atoms with Crippen molar-refractivity contribution in [3.05, 3.63) is 88.9 Å². The van der Waals surface area contributed by atoms with Gasteiger partial charge in [0.25, 0.3) is 0 Å². The molecule has 0 unspecified atom stereocenters. The largest absolute Gasteiger partial charge is 0.493 e. The summed E-state index contributed by atoms with van der Waals surface area (Å²) in [6, 6.07) is 19.7. The molecule has 1 N–H and O–H groups in total. The molecular formula is C30H24F3NO5S. The fourth-order valence-electron chi connectivity index (χ4n) is 4.12. The van der Waals surface area contributed by atoms with Crippen LogP contribution in [0.1, 0.15) is 29.0 Å². The van der Waals surface area contributed by atoms with Crippen molar-refractivity contribution in [1.82, 2.24) is 4.98 Å². The normalized spacial score (nSPS) is 11.6. The van der Waals surface area contributed by atoms with Gasteiger partial charge in [0.2, 0.25) is 0 Å². The standard InChI is InChI=1S/C30H24F3NO5S/c1-18-15-22(12-13-23(18)37-14-4-7-27(35)36)38-17-26-34-28(19-8-10-21(11-9-19)30(31,32)33)29(40-26)25-16-20-5-2-3-6-24(20)39-25/h2-3,5-6,8-13,15-16H,4,7,14,17H2,1H3,(H,35,36). The van der Waals surface area contributed by atoms with Crippen LogP contribution in [0.2, 0.25) is 0 Å². The number of ether oxygens (including phenoxy) is 2. The Balaban J connectivity index is 1.38. The summed E-state index contributed by atoms with van der Waals surface area (Å²) in [6.45, 7) is 2.30. The number of aliphatic carboxylic acids is 1. The zero-order valence-corrected chi connectivity index (χ0v) is 22.1. The summed E-state index contributed by atoms with van der Waals surface area (Å²) in [5, 5.41) is 10.3. The lowest BCUT2D eigenvalue weighted by atomic mass is 10.1. The van der Waals surface area contributed by atoms with Crippen molar-refractivity contribution >= 4 is 28.3 Å². The van der Waals surface area contributed by atoms with E-state index in [4.69, 9.17) is 24.0 Å². The number of para-hydroxylation sites is 1. The first-order valence-corrected chi connectivity index (χ1v) is 13.2. The Hall–Kier alpha value is -4.31. The smallest absolute Gasteiger partial charge is 0.416 e. The van der Waals surface area contributed by atoms with E-state index < -0.39 is 17.7 Å². The first-order chi connectivity index (χ1) is 19.2. The fourth-order valence-corrected chi connectivity index (χ4v) is 5.08. The quantitative estimate of drug-likeness (QED) is 0.171. The Morgan fingerprint density at radius 3 is 2.50 bits per heavy atom. The minimum Gasteiger partial charge on any atom is -0.493 e. The summed E-state index contributed by atoms with van der Waals surface area (Å²) >= 11 is 1.35. The minimum absolute atomic E-state index is 0.0402. The van der Waals surface area contributed by atoms with E-state index in [1.165, 1.54) is 23.5 Å². The van der Waals surface area contributed by atoms with Crippen LogP contribution in [0, 0.1) is 6.92 Å². The summed E-state index contributed by atoms with van der Waals surface area (Å²) in [5.74, 6) is 0.937. The number of carbonyl (C=O) groups is 1. The molecule has 0 radical (unpaired) electrons. The molecule has 0 amide bonds. The predicted octanol–water partition coefficient (Wildman–Crippen LogP) is 8.37. The average molecular weight is 568 g/mol. The van der Waals surface area contributed by atoms with Crippen LogP contribution >= 0.6 is 11.3 Å². The number of hydrogen-bond donors (Lipinski definition) is 1. The summed E-state index contributed by atoms with van der Waals surface area (Å²) in [4.78, 5) is 16.1. The van der Waals surface area contributed by atoms with Gasteiger partial charge in [0.05, 0.1) is 22.7 Å². The fraction of sp³-hybridized carbons (Fsp3) is 0.200. The van der Waals surface area contributed by atoms with E-state index in [0.29, 0.717) is 57.0 Å². The molecular weight excluding hydrogens is 543 g/mol. The van der Waals surface area contributed by atoms with Gasteiger partial charge in [0, 0.05) is 17.4 Å². The van der Waals surface area contributed by atoms with Gasteiger partial charge in [0.1, 0.15) is 34.5 Å². The molecule has 0 saturated carbocycles. The molecule has 0 fully saturated rings. The van der Waals surface area contributed by atoms with Crippen molar-refractivity contribution in [3.8, 4) is 33.4 Å². The summed E-state index contributed by atoms with van der Waals surface area (Å²) in [6.07, 6.45) is -3.98. The van der Waals surface area contributed by atoms with Gasteiger partial charge >= 0.3 is 12.1 Å². The molecule has 6 nitrogen and oxygen atoms in total. The Labute approximate surface area is 231 Å². The summed E-state index contributed by atoms with van der Waals surface area (Å²) < 4.78 is 57.1. The minimum atomic E-state index is -4.43. The van der Waals surface area contributed by atoms with E-state index in [2.05, 4.69) is 0 Å². The Kier molecular flexibility index (Phi) is 7.79. The molecule has 0 bridgehead atoms. The number of halogens is 3. The lowest BCUT2D eigenvalue weighted by molar-refractivity contribution is -0.138. The predicted molar refractivity (Wildman–Crippen MR) is 146 cm³/mol. The number of carboxylic acids is 1. The van der Waals surface area contributed by atoms with Crippen molar-refractivity contribution in [2.45, 2.75) is 32.5 Å². The average Bonchev–Trinajstić information content (AvgIpc) is 3.55. The summed E-state index contributed by atoms with van der Waals surface area (Å²) in [5.41, 5.74) is 1.84. The van der Waals surface area contributed by atoms with Crippen LogP contribution in [0.4, 0.5) is 13.2 Å². The van der Waals surface area contributed by atoms with Gasteiger partial charge < -0.3 is 19.0 Å². The number of fused-ring (bicyclic) bond motifs is 1. The highest BCUT2D eigenvalue weighted by Crippen LogP contribution is 2.40. The number of rotatable bonds is 10. The molecule has 0 aliphatic carbocycles. The maximum absolute atomic E-state index is 13.1. The van der Waals surface area contributed by atoms with Crippen LogP contribution in [0.25, 0.3) is 32.9 Å². The van der Waals surface area contributed by atoms with Crippen molar-refractivity contribution in [2.75, 3.05) is 6.61 Å². The zero-order chi connectivity index (χ0) is 28.3. The van der Waals surface area contributed by atoms with Crippen LogP contribution in [0.15, 0.2) is 77.2 Å². The maximum atomic E-state index is 13.1. The second-order valence-electron chi connectivity index (χ2n) is 9.07. The van der Waals surface area contributed by atoms with E-state index in [9.17, 15) is 18.0 Å². The molecule has 2 heterocycles. The second kappa shape index (κ2) is 11.4. The molecule has 5 aromatic rings. The molecule has 0 aliphatic rings. The van der Waals surface area contributed by atoms with E-state index in [-0.39, 0.29) is 13.0 Å². The van der Waals surface area contributed by atoms with Gasteiger partial charge in [0.15, 0.2) is 0 Å². The number of hydrogen-bond acceptors (Lipinski definition) is 6. The number of carboxylic acid groups (broad SMARTS) is 1. The zero-order valence-electron chi connectivity index (χ0n) is 21.3. The van der Waals surface area contributed by atoms with Crippen LogP contribution in [-0.4, -0.2) is 22.7 Å². The lowest BCUT2D eigenvalue weighted by Crippen LogP contribution is -2.04. The van der Waals surface area contributed by atoms with E-state index in [1.807, 2.05) is 43.3 Å². The maximum Gasteiger partial charge on any atom is 0.416 e. The van der Waals surface area contributed by atoms with Gasteiger partial charge in [-0.05, 0) is 61.4 Å². The number of nitrogens with zero attached hydrogens (tertiary/aromatic N) is 1. The molecule has 10 heteroatoms. The monoisotopic (exact) mass is 567 g/mol. The third-order valence-corrected chi connectivity index (χ3v) is 7.15. The van der Waals surface area contributed by atoms with Crippen molar-refractivity contribution in [1.29, 1.82) is 0 Å². The van der Waals surface area contributed by atoms with E-state index >= 15 is 0 Å². The first kappa shape index (κ1) is 27.3. The molecule has 40 heavy (non-hydrogen) atoms. The Morgan fingerprint density at radius 2 is 1.80 bits per heavy atom. The van der Waals surface area contributed by atoms with Gasteiger partial charge in [-0.2, -0.15) is 13.2 Å². The highest BCUT2D eigenvalue weighted by molar-refractivity contribution is 7.15. The Morgan fingerprint density at radius 1 is 1.02 bits per heavy atom. The molecule has 0 spiro atoms. The number of benzene rings is 3. The van der Waals surface area contributed by atoms with Crippen LogP contribution < -0.4 is 9.47 Å². The third kappa shape index (κ3) is 6.28. The number of thiazole rings is 1.